The van der Waals surface area contributed by atoms with Gasteiger partial charge in [0.2, 0.25) is 10.0 Å². The zero-order valence-corrected chi connectivity index (χ0v) is 18.6. The number of aromatic nitrogens is 2. The summed E-state index contributed by atoms with van der Waals surface area (Å²) in [5.74, 6) is 0.593. The number of aryl methyl sites for hydroxylation is 1. The van der Waals surface area contributed by atoms with Gasteiger partial charge < -0.3 is 9.88 Å². The summed E-state index contributed by atoms with van der Waals surface area (Å²) in [4.78, 5) is 17.1. The van der Waals surface area contributed by atoms with E-state index in [0.29, 0.717) is 49.6 Å². The normalized spacial score (nSPS) is 16.1. The van der Waals surface area contributed by atoms with Crippen LogP contribution in [0.3, 0.4) is 0 Å². The molecule has 2 heterocycles. The van der Waals surface area contributed by atoms with Gasteiger partial charge in [-0.25, -0.2) is 17.7 Å². The molecule has 0 bridgehead atoms. The SMILES string of the molecule is Cc1nc(C(=O)NCCc2ccc(Cl)cc2)c(C)n1C1CCN(S(C)(=O)=O)CC1. The van der Waals surface area contributed by atoms with Gasteiger partial charge in [-0.15, -0.1) is 0 Å². The van der Waals surface area contributed by atoms with Crippen molar-refractivity contribution in [3.63, 3.8) is 0 Å². The van der Waals surface area contributed by atoms with Crippen molar-refractivity contribution in [2.45, 2.75) is 39.2 Å². The van der Waals surface area contributed by atoms with Crippen LogP contribution in [0.25, 0.3) is 0 Å². The molecular formula is C20H27ClN4O3S. The number of sulfonamides is 1. The van der Waals surface area contributed by atoms with Crippen LogP contribution in [0.2, 0.25) is 5.02 Å². The Hall–Kier alpha value is -1.90. The van der Waals surface area contributed by atoms with E-state index < -0.39 is 10.0 Å². The van der Waals surface area contributed by atoms with Crippen LogP contribution in [-0.4, -0.2) is 54.1 Å². The number of amides is 1. The Morgan fingerprint density at radius 3 is 2.41 bits per heavy atom. The standard InChI is InChI=1S/C20H27ClN4O3S/c1-14-19(20(26)22-11-8-16-4-6-17(21)7-5-16)23-15(2)25(14)18-9-12-24(13-10-18)29(3,27)28/h4-7,18H,8-13H2,1-3H3,(H,22,26). The highest BCUT2D eigenvalue weighted by Gasteiger charge is 2.29. The molecule has 0 radical (unpaired) electrons. The molecule has 1 aliphatic heterocycles. The van der Waals surface area contributed by atoms with E-state index in [-0.39, 0.29) is 11.9 Å². The lowest BCUT2D eigenvalue weighted by Crippen LogP contribution is -2.38. The van der Waals surface area contributed by atoms with Crippen LogP contribution < -0.4 is 5.32 Å². The lowest BCUT2D eigenvalue weighted by Gasteiger charge is -2.32. The van der Waals surface area contributed by atoms with Crippen LogP contribution in [0.5, 0.6) is 0 Å². The van der Waals surface area contributed by atoms with Gasteiger partial charge in [-0.3, -0.25) is 4.79 Å². The summed E-state index contributed by atoms with van der Waals surface area (Å²) in [7, 11) is -3.16. The average molecular weight is 439 g/mol. The Balaban J connectivity index is 1.63. The van der Waals surface area contributed by atoms with E-state index in [1.165, 1.54) is 10.6 Å². The largest absolute Gasteiger partial charge is 0.350 e. The molecule has 1 aromatic heterocycles. The topological polar surface area (TPSA) is 84.3 Å². The van der Waals surface area contributed by atoms with Crippen LogP contribution in [0.1, 0.15) is 46.5 Å². The molecule has 0 atom stereocenters. The number of benzene rings is 1. The Labute approximate surface area is 177 Å². The molecule has 1 amide bonds. The number of carbonyl (C=O) groups is 1. The van der Waals surface area contributed by atoms with E-state index in [9.17, 15) is 13.2 Å². The number of rotatable bonds is 6. The predicted octanol–water partition coefficient (Wildman–Crippen LogP) is 2.72. The number of hydrogen-bond donors (Lipinski definition) is 1. The first-order valence-corrected chi connectivity index (χ1v) is 11.9. The number of piperidine rings is 1. The number of nitrogens with one attached hydrogen (secondary N) is 1. The molecule has 0 saturated carbocycles. The van der Waals surface area contributed by atoms with Crippen molar-refractivity contribution in [3.05, 3.63) is 52.1 Å². The minimum Gasteiger partial charge on any atom is -0.350 e. The Morgan fingerprint density at radius 2 is 1.83 bits per heavy atom. The molecule has 1 fully saturated rings. The fraction of sp³-hybridized carbons (Fsp3) is 0.500. The van der Waals surface area contributed by atoms with Gasteiger partial charge in [0.25, 0.3) is 5.91 Å². The van der Waals surface area contributed by atoms with E-state index in [4.69, 9.17) is 11.6 Å². The summed E-state index contributed by atoms with van der Waals surface area (Å²) in [5.41, 5.74) is 2.36. The second kappa shape index (κ2) is 8.85. The second-order valence-corrected chi connectivity index (χ2v) is 9.91. The van der Waals surface area contributed by atoms with E-state index >= 15 is 0 Å². The van der Waals surface area contributed by atoms with E-state index in [0.717, 1.165) is 17.1 Å². The molecule has 2 aromatic rings. The minimum absolute atomic E-state index is 0.149. The molecule has 158 valence electrons. The lowest BCUT2D eigenvalue weighted by atomic mass is 10.1. The second-order valence-electron chi connectivity index (χ2n) is 7.49. The monoisotopic (exact) mass is 438 g/mol. The molecule has 1 aliphatic rings. The molecule has 0 unspecified atom stereocenters. The number of halogens is 1. The zero-order valence-electron chi connectivity index (χ0n) is 17.0. The highest BCUT2D eigenvalue weighted by Crippen LogP contribution is 2.28. The molecule has 1 N–H and O–H groups in total. The fourth-order valence-corrected chi connectivity index (χ4v) is 4.89. The van der Waals surface area contributed by atoms with Gasteiger partial charge in [-0.1, -0.05) is 23.7 Å². The maximum absolute atomic E-state index is 12.6. The summed E-state index contributed by atoms with van der Waals surface area (Å²) in [6, 6.07) is 7.71. The van der Waals surface area contributed by atoms with Crippen molar-refractivity contribution in [2.75, 3.05) is 25.9 Å². The predicted molar refractivity (Wildman–Crippen MR) is 114 cm³/mol. The summed E-state index contributed by atoms with van der Waals surface area (Å²) in [5, 5.41) is 3.63. The van der Waals surface area contributed by atoms with Gasteiger partial charge in [0.15, 0.2) is 0 Å². The van der Waals surface area contributed by atoms with Crippen LogP contribution in [0.4, 0.5) is 0 Å². The van der Waals surface area contributed by atoms with Crippen molar-refractivity contribution in [1.29, 1.82) is 0 Å². The van der Waals surface area contributed by atoms with Crippen LogP contribution in [0.15, 0.2) is 24.3 Å². The Bertz CT molecular complexity index is 978. The summed E-state index contributed by atoms with van der Waals surface area (Å²) >= 11 is 5.89. The molecule has 0 spiro atoms. The molecule has 7 nitrogen and oxygen atoms in total. The molecule has 1 aromatic carbocycles. The molecule has 3 rings (SSSR count). The maximum atomic E-state index is 12.6. The van der Waals surface area contributed by atoms with Crippen molar-refractivity contribution < 1.29 is 13.2 Å². The molecular weight excluding hydrogens is 412 g/mol. The first-order valence-electron chi connectivity index (χ1n) is 9.70. The summed E-state index contributed by atoms with van der Waals surface area (Å²) in [6.07, 6.45) is 3.38. The maximum Gasteiger partial charge on any atom is 0.271 e. The zero-order chi connectivity index (χ0) is 21.2. The minimum atomic E-state index is -3.16. The average Bonchev–Trinajstić information content (AvgIpc) is 2.97. The molecule has 9 heteroatoms. The highest BCUT2D eigenvalue weighted by atomic mass is 35.5. The van der Waals surface area contributed by atoms with Gasteiger partial charge in [-0.2, -0.15) is 0 Å². The Kier molecular flexibility index (Phi) is 6.65. The number of carbonyl (C=O) groups excluding carboxylic acids is 1. The molecule has 0 aliphatic carbocycles. The van der Waals surface area contributed by atoms with Gasteiger partial charge in [-0.05, 0) is 50.8 Å². The first kappa shape index (κ1) is 21.8. The molecule has 29 heavy (non-hydrogen) atoms. The third-order valence-electron chi connectivity index (χ3n) is 5.41. The smallest absolute Gasteiger partial charge is 0.271 e. The van der Waals surface area contributed by atoms with E-state index in [1.54, 1.807) is 0 Å². The summed E-state index contributed by atoms with van der Waals surface area (Å²) < 4.78 is 27.0. The van der Waals surface area contributed by atoms with Gasteiger partial charge in [0.05, 0.1) is 6.26 Å². The van der Waals surface area contributed by atoms with Gasteiger partial charge in [0.1, 0.15) is 11.5 Å². The van der Waals surface area contributed by atoms with Gasteiger partial charge in [0, 0.05) is 36.4 Å². The lowest BCUT2D eigenvalue weighted by molar-refractivity contribution is 0.0948. The van der Waals surface area contributed by atoms with E-state index in [1.807, 2.05) is 38.1 Å². The highest BCUT2D eigenvalue weighted by molar-refractivity contribution is 7.88. The molecule has 1 saturated heterocycles. The quantitative estimate of drug-likeness (QED) is 0.751. The van der Waals surface area contributed by atoms with Crippen LogP contribution in [-0.2, 0) is 16.4 Å². The van der Waals surface area contributed by atoms with Crippen LogP contribution >= 0.6 is 11.6 Å². The van der Waals surface area contributed by atoms with Crippen molar-refractivity contribution in [3.8, 4) is 0 Å². The Morgan fingerprint density at radius 1 is 1.21 bits per heavy atom. The fourth-order valence-electron chi connectivity index (χ4n) is 3.89. The van der Waals surface area contributed by atoms with Crippen molar-refractivity contribution in [1.82, 2.24) is 19.2 Å². The van der Waals surface area contributed by atoms with Crippen molar-refractivity contribution in [2.24, 2.45) is 0 Å². The summed E-state index contributed by atoms with van der Waals surface area (Å²) in [6.45, 7) is 5.28. The third kappa shape index (κ3) is 5.18. The number of imidazole rings is 1. The van der Waals surface area contributed by atoms with E-state index in [2.05, 4.69) is 14.9 Å². The third-order valence-corrected chi connectivity index (χ3v) is 6.97. The number of hydrogen-bond acceptors (Lipinski definition) is 4. The first-order chi connectivity index (χ1) is 13.7. The van der Waals surface area contributed by atoms with Gasteiger partial charge >= 0.3 is 0 Å². The number of nitrogens with zero attached hydrogens (tertiary/aromatic N) is 3. The van der Waals surface area contributed by atoms with Crippen LogP contribution in [0, 0.1) is 13.8 Å². The van der Waals surface area contributed by atoms with Crippen molar-refractivity contribution >= 4 is 27.5 Å².